The topological polar surface area (TPSA) is 17.1 Å². The van der Waals surface area contributed by atoms with Crippen molar-refractivity contribution in [2.24, 2.45) is 5.92 Å². The molecule has 0 amide bonds. The Morgan fingerprint density at radius 1 is 1.32 bits per heavy atom. The number of Topliss-reactive ketones (excluding diaryl/α,β-unsaturated/α-hetero) is 1. The number of thiophene rings is 1. The van der Waals surface area contributed by atoms with Crippen molar-refractivity contribution in [3.8, 4) is 0 Å². The number of ketones is 1. The Bertz CT molecular complexity index is 629. The number of benzene rings is 1. The summed E-state index contributed by atoms with van der Waals surface area (Å²) in [5, 5.41) is 0. The fourth-order valence-electron chi connectivity index (χ4n) is 2.83. The summed E-state index contributed by atoms with van der Waals surface area (Å²) in [5.74, 6) is 0.462. The zero-order valence-corrected chi connectivity index (χ0v) is 13.2. The first-order valence-electron chi connectivity index (χ1n) is 6.52. The predicted octanol–water partition coefficient (Wildman–Crippen LogP) is 4.81. The summed E-state index contributed by atoms with van der Waals surface area (Å²) in [6, 6.07) is 10.5. The lowest BCUT2D eigenvalue weighted by atomic mass is 9.80. The molecule has 0 fully saturated rings. The minimum atomic E-state index is 0.148. The van der Waals surface area contributed by atoms with E-state index in [1.165, 1.54) is 11.1 Å². The number of rotatable bonds is 2. The van der Waals surface area contributed by atoms with Crippen molar-refractivity contribution in [2.45, 2.75) is 26.2 Å². The summed E-state index contributed by atoms with van der Waals surface area (Å²) < 4.78 is 1.05. The van der Waals surface area contributed by atoms with Gasteiger partial charge in [-0.15, -0.1) is 11.3 Å². The molecule has 1 aromatic heterocycles. The van der Waals surface area contributed by atoms with Gasteiger partial charge in [-0.1, -0.05) is 24.3 Å². The van der Waals surface area contributed by atoms with E-state index in [2.05, 4.69) is 40.2 Å². The Kier molecular flexibility index (Phi) is 3.59. The molecule has 3 rings (SSSR count). The highest BCUT2D eigenvalue weighted by Gasteiger charge is 2.26. The third-order valence-electron chi connectivity index (χ3n) is 3.87. The maximum atomic E-state index is 12.6. The molecule has 1 aliphatic rings. The van der Waals surface area contributed by atoms with Crippen molar-refractivity contribution in [3.05, 3.63) is 55.7 Å². The summed E-state index contributed by atoms with van der Waals surface area (Å²) in [4.78, 5) is 13.8. The second-order valence-electron chi connectivity index (χ2n) is 5.09. The molecule has 98 valence electrons. The van der Waals surface area contributed by atoms with E-state index in [9.17, 15) is 4.79 Å². The number of hydrogen-bond acceptors (Lipinski definition) is 2. The lowest BCUT2D eigenvalue weighted by Gasteiger charge is -2.23. The molecular weight excluding hydrogens is 320 g/mol. The largest absolute Gasteiger partial charge is 0.294 e. The van der Waals surface area contributed by atoms with Crippen molar-refractivity contribution in [1.82, 2.24) is 0 Å². The van der Waals surface area contributed by atoms with E-state index in [-0.39, 0.29) is 5.92 Å². The van der Waals surface area contributed by atoms with E-state index in [0.29, 0.717) is 5.78 Å². The van der Waals surface area contributed by atoms with Crippen molar-refractivity contribution in [2.75, 3.05) is 0 Å². The second kappa shape index (κ2) is 5.22. The average Bonchev–Trinajstić information content (AvgIpc) is 2.76. The first-order chi connectivity index (χ1) is 9.15. The second-order valence-corrected chi connectivity index (χ2v) is 7.73. The molecule has 1 aliphatic carbocycles. The van der Waals surface area contributed by atoms with Crippen LogP contribution in [0.25, 0.3) is 0 Å². The fourth-order valence-corrected chi connectivity index (χ4v) is 4.53. The van der Waals surface area contributed by atoms with Gasteiger partial charge < -0.3 is 0 Å². The lowest BCUT2D eigenvalue weighted by Crippen LogP contribution is -2.22. The van der Waals surface area contributed by atoms with E-state index in [1.807, 2.05) is 13.0 Å². The summed E-state index contributed by atoms with van der Waals surface area (Å²) in [6.07, 6.45) is 2.89. The van der Waals surface area contributed by atoms with Gasteiger partial charge in [0, 0.05) is 16.4 Å². The molecule has 3 heteroatoms. The normalized spacial score (nSPS) is 18.1. The van der Waals surface area contributed by atoms with Gasteiger partial charge in [0.05, 0.1) is 3.79 Å². The average molecular weight is 335 g/mol. The molecule has 0 aliphatic heterocycles. The smallest absolute Gasteiger partial charge is 0.167 e. The van der Waals surface area contributed by atoms with Gasteiger partial charge in [0.25, 0.3) is 0 Å². The lowest BCUT2D eigenvalue weighted by molar-refractivity contribution is 0.0908. The van der Waals surface area contributed by atoms with Gasteiger partial charge in [-0.2, -0.15) is 0 Å². The molecule has 1 nitrogen and oxygen atoms in total. The third kappa shape index (κ3) is 2.54. The number of hydrogen-bond donors (Lipinski definition) is 0. The van der Waals surface area contributed by atoms with E-state index in [1.54, 1.807) is 11.3 Å². The van der Waals surface area contributed by atoms with E-state index < -0.39 is 0 Å². The van der Waals surface area contributed by atoms with Crippen molar-refractivity contribution < 1.29 is 4.79 Å². The number of carbonyl (C=O) groups excluding carboxylic acids is 1. The molecule has 1 unspecified atom stereocenters. The molecule has 0 spiro atoms. The molecule has 0 radical (unpaired) electrons. The van der Waals surface area contributed by atoms with Gasteiger partial charge in [0.1, 0.15) is 0 Å². The van der Waals surface area contributed by atoms with Gasteiger partial charge in [-0.3, -0.25) is 4.79 Å². The molecule has 1 atom stereocenters. The molecule has 0 N–H and O–H groups in total. The standard InChI is InChI=1S/C16H15BrOS/c1-10-14(9-15(17)19-10)16(18)13-7-6-11-4-2-3-5-12(11)8-13/h2-5,9,13H,6-8H2,1H3. The highest BCUT2D eigenvalue weighted by atomic mass is 79.9. The highest BCUT2D eigenvalue weighted by Crippen LogP contribution is 2.32. The van der Waals surface area contributed by atoms with E-state index in [4.69, 9.17) is 0 Å². The number of carbonyl (C=O) groups is 1. The van der Waals surface area contributed by atoms with Crippen molar-refractivity contribution in [3.63, 3.8) is 0 Å². The zero-order chi connectivity index (χ0) is 13.4. The van der Waals surface area contributed by atoms with Crippen molar-refractivity contribution in [1.29, 1.82) is 0 Å². The van der Waals surface area contributed by atoms with E-state index >= 15 is 0 Å². The van der Waals surface area contributed by atoms with Crippen LogP contribution in [0.1, 0.15) is 32.8 Å². The Morgan fingerprint density at radius 2 is 2.05 bits per heavy atom. The van der Waals surface area contributed by atoms with Crippen LogP contribution in [0.15, 0.2) is 34.1 Å². The Balaban J connectivity index is 1.85. The van der Waals surface area contributed by atoms with Crippen LogP contribution in [0, 0.1) is 12.8 Å². The summed E-state index contributed by atoms with van der Waals surface area (Å²) in [7, 11) is 0. The van der Waals surface area contributed by atoms with Crippen molar-refractivity contribution >= 4 is 33.0 Å². The van der Waals surface area contributed by atoms with Crippen LogP contribution in [0.5, 0.6) is 0 Å². The van der Waals surface area contributed by atoms with Crippen LogP contribution in [0.3, 0.4) is 0 Å². The molecule has 1 heterocycles. The van der Waals surface area contributed by atoms with Crippen LogP contribution < -0.4 is 0 Å². The molecule has 2 aromatic rings. The summed E-state index contributed by atoms with van der Waals surface area (Å²) >= 11 is 5.11. The summed E-state index contributed by atoms with van der Waals surface area (Å²) in [5.41, 5.74) is 3.66. The van der Waals surface area contributed by atoms with Gasteiger partial charge >= 0.3 is 0 Å². The molecule has 0 saturated carbocycles. The fraction of sp³-hybridized carbons (Fsp3) is 0.312. The van der Waals surface area contributed by atoms with Crippen LogP contribution in [0.4, 0.5) is 0 Å². The first kappa shape index (κ1) is 13.1. The van der Waals surface area contributed by atoms with Gasteiger partial charge in [0.2, 0.25) is 0 Å². The minimum Gasteiger partial charge on any atom is -0.294 e. The Labute approximate surface area is 125 Å². The molecule has 1 aromatic carbocycles. The van der Waals surface area contributed by atoms with E-state index in [0.717, 1.165) is 33.5 Å². The van der Waals surface area contributed by atoms with Crippen LogP contribution in [-0.2, 0) is 12.8 Å². The molecule has 0 bridgehead atoms. The Morgan fingerprint density at radius 3 is 2.74 bits per heavy atom. The van der Waals surface area contributed by atoms with Crippen LogP contribution >= 0.6 is 27.3 Å². The monoisotopic (exact) mass is 334 g/mol. The number of aryl methyl sites for hydroxylation is 2. The SMILES string of the molecule is Cc1sc(Br)cc1C(=O)C1CCc2ccccc2C1. The summed E-state index contributed by atoms with van der Waals surface area (Å²) in [6.45, 7) is 2.03. The molecule has 0 saturated heterocycles. The first-order valence-corrected chi connectivity index (χ1v) is 8.13. The van der Waals surface area contributed by atoms with Gasteiger partial charge in [0.15, 0.2) is 5.78 Å². The quantitative estimate of drug-likeness (QED) is 0.720. The molecular formula is C16H15BrOS. The minimum absolute atomic E-state index is 0.148. The third-order valence-corrected chi connectivity index (χ3v) is 5.42. The maximum Gasteiger partial charge on any atom is 0.167 e. The number of fused-ring (bicyclic) bond motifs is 1. The Hall–Kier alpha value is -0.930. The number of halogens is 1. The maximum absolute atomic E-state index is 12.6. The van der Waals surface area contributed by atoms with Crippen LogP contribution in [0.2, 0.25) is 0 Å². The predicted molar refractivity (Wildman–Crippen MR) is 83.0 cm³/mol. The molecule has 19 heavy (non-hydrogen) atoms. The van der Waals surface area contributed by atoms with Gasteiger partial charge in [-0.05, 0) is 59.3 Å². The van der Waals surface area contributed by atoms with Gasteiger partial charge in [-0.25, -0.2) is 0 Å². The van der Waals surface area contributed by atoms with Crippen LogP contribution in [-0.4, -0.2) is 5.78 Å². The zero-order valence-electron chi connectivity index (χ0n) is 10.8. The highest BCUT2D eigenvalue weighted by molar-refractivity contribution is 9.11.